The molecular weight excluding hydrogens is 332 g/mol. The number of anilines is 1. The minimum absolute atomic E-state index is 0.0562. The molecule has 2 rings (SSSR count). The van der Waals surface area contributed by atoms with Crippen molar-refractivity contribution in [3.8, 4) is 5.69 Å². The molecule has 2 aromatic rings. The Morgan fingerprint density at radius 3 is 2.72 bits per heavy atom. The average molecular weight is 349 g/mol. The normalized spacial score (nSPS) is 10.4. The maximum absolute atomic E-state index is 13.9. The molecule has 0 fully saturated rings. The highest BCUT2D eigenvalue weighted by molar-refractivity contribution is 6.03. The summed E-state index contributed by atoms with van der Waals surface area (Å²) in [6, 6.07) is 3.13. The zero-order chi connectivity index (χ0) is 18.6. The molecule has 0 aliphatic carbocycles. The molecule has 0 bridgehead atoms. The molecule has 25 heavy (non-hydrogen) atoms. The fourth-order valence-electron chi connectivity index (χ4n) is 2.07. The van der Waals surface area contributed by atoms with Gasteiger partial charge in [0.05, 0.1) is 24.2 Å². The number of ether oxygens (including phenoxy) is 1. The van der Waals surface area contributed by atoms with E-state index in [-0.39, 0.29) is 24.3 Å². The van der Waals surface area contributed by atoms with Crippen molar-refractivity contribution in [2.24, 2.45) is 0 Å². The summed E-state index contributed by atoms with van der Waals surface area (Å²) in [5.41, 5.74) is 1.11. The van der Waals surface area contributed by atoms with Gasteiger partial charge in [0.15, 0.2) is 5.82 Å². The number of carbonyl (C=O) groups is 2. The number of aromatic nitrogens is 2. The monoisotopic (exact) mass is 349 g/mol. The van der Waals surface area contributed by atoms with Crippen molar-refractivity contribution >= 4 is 17.6 Å². The lowest BCUT2D eigenvalue weighted by molar-refractivity contribution is -0.141. The van der Waals surface area contributed by atoms with Crippen LogP contribution in [0.2, 0.25) is 0 Å². The van der Waals surface area contributed by atoms with Gasteiger partial charge in [-0.05, 0) is 19.1 Å². The summed E-state index contributed by atoms with van der Waals surface area (Å²) in [5.74, 6) is -2.36. The summed E-state index contributed by atoms with van der Waals surface area (Å²) < 4.78 is 32.9. The third kappa shape index (κ3) is 4.50. The number of halogens is 2. The van der Waals surface area contributed by atoms with Crippen LogP contribution >= 0.6 is 0 Å². The first kappa shape index (κ1) is 18.3. The molecular formula is C17H17F2N3O3. The van der Waals surface area contributed by atoms with Gasteiger partial charge in [-0.2, -0.15) is 5.10 Å². The number of carbonyl (C=O) groups excluding carboxylic acids is 2. The SMILES string of the molecule is C=C(CCOC(C)=O)C(=O)Nc1cnn(-c2ccc(F)cc2F)c1C. The highest BCUT2D eigenvalue weighted by atomic mass is 19.1. The van der Waals surface area contributed by atoms with Crippen LogP contribution in [0.15, 0.2) is 36.5 Å². The van der Waals surface area contributed by atoms with E-state index in [1.165, 1.54) is 23.9 Å². The average Bonchev–Trinajstić information content (AvgIpc) is 2.88. The Balaban J connectivity index is 2.09. The summed E-state index contributed by atoms with van der Waals surface area (Å²) in [6.07, 6.45) is 1.54. The van der Waals surface area contributed by atoms with Crippen molar-refractivity contribution in [2.45, 2.75) is 20.3 Å². The van der Waals surface area contributed by atoms with Crippen LogP contribution in [0.5, 0.6) is 0 Å². The van der Waals surface area contributed by atoms with Gasteiger partial charge in [-0.15, -0.1) is 0 Å². The third-order valence-corrected chi connectivity index (χ3v) is 3.43. The van der Waals surface area contributed by atoms with Crippen molar-refractivity contribution in [1.29, 1.82) is 0 Å². The van der Waals surface area contributed by atoms with Crippen LogP contribution in [-0.2, 0) is 14.3 Å². The zero-order valence-electron chi connectivity index (χ0n) is 13.8. The molecule has 0 spiro atoms. The molecule has 0 radical (unpaired) electrons. The maximum atomic E-state index is 13.9. The molecule has 6 nitrogen and oxygen atoms in total. The Labute approximate surface area is 143 Å². The van der Waals surface area contributed by atoms with Crippen molar-refractivity contribution in [3.05, 3.63) is 53.9 Å². The molecule has 1 aromatic carbocycles. The molecule has 132 valence electrons. The molecule has 0 saturated heterocycles. The number of esters is 1. The molecule has 0 aliphatic heterocycles. The van der Waals surface area contributed by atoms with Gasteiger partial charge in [-0.1, -0.05) is 6.58 Å². The van der Waals surface area contributed by atoms with E-state index >= 15 is 0 Å². The second kappa shape index (κ2) is 7.69. The molecule has 0 saturated carbocycles. The second-order valence-electron chi connectivity index (χ2n) is 5.30. The summed E-state index contributed by atoms with van der Waals surface area (Å²) >= 11 is 0. The third-order valence-electron chi connectivity index (χ3n) is 3.43. The molecule has 0 unspecified atom stereocenters. The van der Waals surface area contributed by atoms with E-state index in [4.69, 9.17) is 4.74 Å². The van der Waals surface area contributed by atoms with E-state index in [0.29, 0.717) is 11.4 Å². The molecule has 0 atom stereocenters. The molecule has 0 aliphatic rings. The highest BCUT2D eigenvalue weighted by Gasteiger charge is 2.15. The van der Waals surface area contributed by atoms with Crippen molar-refractivity contribution in [2.75, 3.05) is 11.9 Å². The predicted octanol–water partition coefficient (Wildman–Crippen LogP) is 2.91. The van der Waals surface area contributed by atoms with Crippen LogP contribution in [0.4, 0.5) is 14.5 Å². The number of nitrogens with zero attached hydrogens (tertiary/aromatic N) is 2. The number of hydrogen-bond acceptors (Lipinski definition) is 4. The van der Waals surface area contributed by atoms with Gasteiger partial charge in [0.1, 0.15) is 11.5 Å². The van der Waals surface area contributed by atoms with E-state index in [9.17, 15) is 18.4 Å². The van der Waals surface area contributed by atoms with Crippen molar-refractivity contribution in [1.82, 2.24) is 9.78 Å². The number of benzene rings is 1. The van der Waals surface area contributed by atoms with E-state index in [1.807, 2.05) is 0 Å². The smallest absolute Gasteiger partial charge is 0.302 e. The maximum Gasteiger partial charge on any atom is 0.302 e. The molecule has 1 heterocycles. The Hall–Kier alpha value is -3.03. The van der Waals surface area contributed by atoms with Crippen LogP contribution in [-0.4, -0.2) is 28.3 Å². The summed E-state index contributed by atoms with van der Waals surface area (Å²) in [5, 5.41) is 6.62. The second-order valence-corrected chi connectivity index (χ2v) is 5.30. The minimum atomic E-state index is -0.769. The van der Waals surface area contributed by atoms with Crippen molar-refractivity contribution < 1.29 is 23.1 Å². The first-order valence-corrected chi connectivity index (χ1v) is 7.42. The Bertz CT molecular complexity index is 831. The Kier molecular flexibility index (Phi) is 5.63. The first-order chi connectivity index (χ1) is 11.8. The summed E-state index contributed by atoms with van der Waals surface area (Å²) in [7, 11) is 0. The largest absolute Gasteiger partial charge is 0.466 e. The van der Waals surface area contributed by atoms with Gasteiger partial charge >= 0.3 is 5.97 Å². The standard InChI is InChI=1S/C17H17F2N3O3/c1-10(6-7-25-12(3)23)17(24)21-15-9-20-22(11(15)2)16-5-4-13(18)8-14(16)19/h4-5,8-9H,1,6-7H2,2-3H3,(H,21,24). The molecule has 1 aromatic heterocycles. The van der Waals surface area contributed by atoms with Crippen LogP contribution in [0.25, 0.3) is 5.69 Å². The van der Waals surface area contributed by atoms with E-state index in [1.54, 1.807) is 6.92 Å². The minimum Gasteiger partial charge on any atom is -0.466 e. The highest BCUT2D eigenvalue weighted by Crippen LogP contribution is 2.21. The predicted molar refractivity (Wildman–Crippen MR) is 87.2 cm³/mol. The van der Waals surface area contributed by atoms with Crippen LogP contribution in [0, 0.1) is 18.6 Å². The quantitative estimate of drug-likeness (QED) is 0.643. The van der Waals surface area contributed by atoms with Gasteiger partial charge in [0.25, 0.3) is 5.91 Å². The lowest BCUT2D eigenvalue weighted by Gasteiger charge is -2.09. The van der Waals surface area contributed by atoms with Gasteiger partial charge in [-0.25, -0.2) is 13.5 Å². The number of nitrogens with one attached hydrogen (secondary N) is 1. The van der Waals surface area contributed by atoms with Crippen LogP contribution < -0.4 is 5.32 Å². The van der Waals surface area contributed by atoms with Gasteiger partial charge in [0, 0.05) is 25.0 Å². The van der Waals surface area contributed by atoms with Gasteiger partial charge in [0.2, 0.25) is 0 Å². The zero-order valence-corrected chi connectivity index (χ0v) is 13.8. The topological polar surface area (TPSA) is 73.2 Å². The molecule has 8 heteroatoms. The molecule has 1 amide bonds. The molecule has 1 N–H and O–H groups in total. The number of hydrogen-bond donors (Lipinski definition) is 1. The fourth-order valence-corrected chi connectivity index (χ4v) is 2.07. The summed E-state index contributed by atoms with van der Waals surface area (Å²) in [6.45, 7) is 6.59. The van der Waals surface area contributed by atoms with Crippen LogP contribution in [0.3, 0.4) is 0 Å². The Morgan fingerprint density at radius 1 is 1.36 bits per heavy atom. The van der Waals surface area contributed by atoms with E-state index in [2.05, 4.69) is 17.0 Å². The number of amides is 1. The Morgan fingerprint density at radius 2 is 2.08 bits per heavy atom. The van der Waals surface area contributed by atoms with Crippen molar-refractivity contribution in [3.63, 3.8) is 0 Å². The first-order valence-electron chi connectivity index (χ1n) is 7.42. The lowest BCUT2D eigenvalue weighted by Crippen LogP contribution is -2.16. The van der Waals surface area contributed by atoms with E-state index in [0.717, 1.165) is 12.1 Å². The number of rotatable bonds is 6. The summed E-state index contributed by atoms with van der Waals surface area (Å²) in [4.78, 5) is 22.8. The fraction of sp³-hybridized carbons (Fsp3) is 0.235. The van der Waals surface area contributed by atoms with E-state index < -0.39 is 23.5 Å². The van der Waals surface area contributed by atoms with Crippen LogP contribution in [0.1, 0.15) is 19.0 Å². The van der Waals surface area contributed by atoms with Gasteiger partial charge < -0.3 is 10.1 Å². The lowest BCUT2D eigenvalue weighted by atomic mass is 10.2. The van der Waals surface area contributed by atoms with Gasteiger partial charge in [-0.3, -0.25) is 9.59 Å².